The lowest BCUT2D eigenvalue weighted by Crippen LogP contribution is -2.67. The van der Waals surface area contributed by atoms with Gasteiger partial charge in [-0.05, 0) is 91.0 Å². The van der Waals surface area contributed by atoms with Gasteiger partial charge in [-0.15, -0.1) is 13.2 Å². The van der Waals surface area contributed by atoms with Crippen molar-refractivity contribution in [3.05, 3.63) is 114 Å². The molecule has 4 N–H and O–H groups in total. The van der Waals surface area contributed by atoms with Gasteiger partial charge in [0.25, 0.3) is 0 Å². The van der Waals surface area contributed by atoms with Gasteiger partial charge < -0.3 is 25.2 Å². The number of halogens is 3. The molecule has 0 radical (unpaired) electrons. The number of fused-ring (bicyclic) bond motifs is 1. The molecule has 1 unspecified atom stereocenters. The van der Waals surface area contributed by atoms with Crippen molar-refractivity contribution in [2.24, 2.45) is 33.5 Å². The zero-order chi connectivity index (χ0) is 39.7. The Bertz CT molecular complexity index is 2000. The summed E-state index contributed by atoms with van der Waals surface area (Å²) in [5, 5.41) is 44.5. The maximum absolute atomic E-state index is 15.1. The number of aliphatic hydroxyl groups excluding tert-OH is 3. The molecular weight excluding hydrogens is 720 g/mol. The number of allylic oxidation sites excluding steroid dienone is 4. The summed E-state index contributed by atoms with van der Waals surface area (Å²) in [7, 11) is 0. The summed E-state index contributed by atoms with van der Waals surface area (Å²) in [6.45, 7) is 4.42. The van der Waals surface area contributed by atoms with Crippen LogP contribution in [-0.2, 0) is 6.54 Å². The molecule has 3 fully saturated rings. The van der Waals surface area contributed by atoms with Crippen LogP contribution in [0, 0.1) is 33.5 Å². The summed E-state index contributed by atoms with van der Waals surface area (Å²) in [4.78, 5) is 17.0. The number of aliphatic hydroxyl groups is 4. The van der Waals surface area contributed by atoms with Gasteiger partial charge in [0.1, 0.15) is 5.75 Å². The highest BCUT2D eigenvalue weighted by Crippen LogP contribution is 2.78. The Morgan fingerprint density at radius 2 is 1.52 bits per heavy atom. The van der Waals surface area contributed by atoms with Crippen LogP contribution in [0.25, 0.3) is 11.1 Å². The second kappa shape index (κ2) is 13.9. The molecule has 9 rings (SSSR count). The van der Waals surface area contributed by atoms with E-state index in [4.69, 9.17) is 0 Å². The smallest absolute Gasteiger partial charge is 0.406 e. The Hall–Kier alpha value is -3.80. The van der Waals surface area contributed by atoms with Gasteiger partial charge in [-0.3, -0.25) is 9.69 Å². The topological polar surface area (TPSA) is 110 Å². The molecule has 2 bridgehead atoms. The molecule has 0 aromatic heterocycles. The van der Waals surface area contributed by atoms with Crippen LogP contribution in [0.2, 0.25) is 0 Å². The van der Waals surface area contributed by atoms with Gasteiger partial charge in [0.15, 0.2) is 5.78 Å². The molecule has 298 valence electrons. The van der Waals surface area contributed by atoms with E-state index in [1.807, 2.05) is 59.5 Å². The molecule has 2 spiro atoms. The van der Waals surface area contributed by atoms with Crippen molar-refractivity contribution in [3.8, 4) is 16.9 Å². The van der Waals surface area contributed by atoms with Crippen molar-refractivity contribution >= 4 is 5.78 Å². The minimum absolute atomic E-state index is 0.0224. The number of ether oxygens (including phenoxy) is 1. The number of Topliss-reactive ketones (excluding diaryl/α,β-unsaturated/α-hetero) is 1. The predicted molar refractivity (Wildman–Crippen MR) is 206 cm³/mol. The quantitative estimate of drug-likeness (QED) is 0.116. The molecule has 56 heavy (non-hydrogen) atoms. The minimum atomic E-state index is -4.81. The van der Waals surface area contributed by atoms with Gasteiger partial charge in [0.2, 0.25) is 0 Å². The monoisotopic (exact) mass is 771 g/mol. The van der Waals surface area contributed by atoms with Crippen molar-refractivity contribution in [1.82, 2.24) is 4.90 Å². The number of nitrogens with zero attached hydrogens (tertiary/aromatic N) is 1. The van der Waals surface area contributed by atoms with Gasteiger partial charge in [-0.1, -0.05) is 98.8 Å². The molecule has 10 heteroatoms. The summed E-state index contributed by atoms with van der Waals surface area (Å²) in [6.07, 6.45) is 5.12. The standard InChI is InChI=1S/C46H52F3NO6/c1-41-19-16-34(52)24-43(41)22-23-45(37(25-43)40(54)33-12-10-32(11-13-33)31-6-4-3-5-7-31)38(41)17-20-42(2)39(45)18-21-44(42,55)29-50(27-35(53)28-51)26-30-8-14-36(15-9-30)56-46(47,48)49/h3-15,22-23,25,34-35,38-39,51-53,55H,16-21,24,26-29H2,1-2H3/t34?,35-,38+,39+,41+,42-,43-,44+,45+/m0/s1. The molecule has 7 nitrogen and oxygen atoms in total. The zero-order valence-corrected chi connectivity index (χ0v) is 32.0. The first-order chi connectivity index (χ1) is 26.5. The minimum Gasteiger partial charge on any atom is -0.406 e. The van der Waals surface area contributed by atoms with Crippen molar-refractivity contribution < 1.29 is 43.1 Å². The zero-order valence-electron chi connectivity index (χ0n) is 32.0. The normalized spacial score (nSPS) is 35.0. The van der Waals surface area contributed by atoms with Gasteiger partial charge >= 0.3 is 6.36 Å². The van der Waals surface area contributed by atoms with Crippen LogP contribution >= 0.6 is 0 Å². The van der Waals surface area contributed by atoms with E-state index < -0.39 is 47.0 Å². The van der Waals surface area contributed by atoms with Gasteiger partial charge in [-0.2, -0.15) is 0 Å². The molecule has 9 atom stereocenters. The number of alkyl halides is 3. The van der Waals surface area contributed by atoms with E-state index in [-0.39, 0.29) is 48.4 Å². The fraction of sp³-hybridized carbons (Fsp3) is 0.500. The van der Waals surface area contributed by atoms with E-state index in [1.165, 1.54) is 24.3 Å². The number of hydrogen-bond donors (Lipinski definition) is 4. The number of rotatable bonds is 11. The molecule has 6 aliphatic carbocycles. The Labute approximate surface area is 326 Å². The fourth-order valence-corrected chi connectivity index (χ4v) is 12.2. The number of ketones is 1. The van der Waals surface area contributed by atoms with Crippen LogP contribution in [0.1, 0.15) is 74.7 Å². The maximum atomic E-state index is 15.1. The second-order valence-electron chi connectivity index (χ2n) is 17.8. The first kappa shape index (κ1) is 39.0. The highest BCUT2D eigenvalue weighted by molar-refractivity contribution is 6.10. The summed E-state index contributed by atoms with van der Waals surface area (Å²) < 4.78 is 42.6. The number of hydrogen-bond acceptors (Lipinski definition) is 7. The highest BCUT2D eigenvalue weighted by atomic mass is 19.4. The van der Waals surface area contributed by atoms with Crippen molar-refractivity contribution in [2.45, 2.75) is 89.5 Å². The van der Waals surface area contributed by atoms with Crippen molar-refractivity contribution in [3.63, 3.8) is 0 Å². The van der Waals surface area contributed by atoms with Crippen LogP contribution in [0.4, 0.5) is 13.2 Å². The maximum Gasteiger partial charge on any atom is 0.573 e. The molecule has 3 aromatic carbocycles. The molecule has 0 saturated heterocycles. The van der Waals surface area contributed by atoms with Crippen LogP contribution in [0.3, 0.4) is 0 Å². The van der Waals surface area contributed by atoms with Crippen LogP contribution in [0.15, 0.2) is 103 Å². The van der Waals surface area contributed by atoms with E-state index in [2.05, 4.69) is 36.8 Å². The highest BCUT2D eigenvalue weighted by Gasteiger charge is 2.74. The van der Waals surface area contributed by atoms with Crippen LogP contribution in [-0.4, -0.2) is 75.0 Å². The van der Waals surface area contributed by atoms with E-state index in [9.17, 15) is 33.6 Å². The first-order valence-electron chi connectivity index (χ1n) is 20.0. The number of carbonyl (C=O) groups is 1. The van der Waals surface area contributed by atoms with E-state index in [0.717, 1.165) is 36.0 Å². The summed E-state index contributed by atoms with van der Waals surface area (Å²) >= 11 is 0. The van der Waals surface area contributed by atoms with Gasteiger partial charge in [0.05, 0.1) is 24.4 Å². The Morgan fingerprint density at radius 1 is 0.875 bits per heavy atom. The lowest BCUT2D eigenvalue weighted by Gasteiger charge is -2.71. The summed E-state index contributed by atoms with van der Waals surface area (Å²) in [5.41, 5.74) is 0.900. The number of benzene rings is 3. The molecular formula is C46H52F3NO6. The lowest BCUT2D eigenvalue weighted by atomic mass is 9.32. The van der Waals surface area contributed by atoms with Crippen LogP contribution in [0.5, 0.6) is 5.75 Å². The summed E-state index contributed by atoms with van der Waals surface area (Å²) in [5.74, 6) is -0.345. The summed E-state index contributed by atoms with van der Waals surface area (Å²) in [6, 6.07) is 23.4. The van der Waals surface area contributed by atoms with Crippen LogP contribution < -0.4 is 4.74 Å². The van der Waals surface area contributed by atoms with Crippen molar-refractivity contribution in [2.75, 3.05) is 19.7 Å². The number of carbonyl (C=O) groups excluding carboxylic acids is 1. The molecule has 0 heterocycles. The van der Waals surface area contributed by atoms with E-state index >= 15 is 4.79 Å². The average molecular weight is 772 g/mol. The average Bonchev–Trinajstić information content (AvgIpc) is 3.44. The molecule has 3 aromatic rings. The van der Waals surface area contributed by atoms with E-state index in [0.29, 0.717) is 36.8 Å². The van der Waals surface area contributed by atoms with E-state index in [1.54, 1.807) is 0 Å². The predicted octanol–water partition coefficient (Wildman–Crippen LogP) is 7.88. The first-order valence-corrected chi connectivity index (χ1v) is 20.0. The Morgan fingerprint density at radius 3 is 2.20 bits per heavy atom. The Kier molecular flexibility index (Phi) is 9.72. The molecule has 6 aliphatic rings. The third-order valence-electron chi connectivity index (χ3n) is 14.9. The SMILES string of the molecule is C[C@]12CC[C@H]3[C@]4(C=C[C@@]5(C=C4C(=O)c4ccc(-c6ccccc6)cc4)CC(O)CC[C@]35C)[C@@H]1CC[C@@]2(O)CN(Cc1ccc(OC(F)(F)F)cc1)C[C@H](O)CO. The second-order valence-corrected chi connectivity index (χ2v) is 17.8. The van der Waals surface area contributed by atoms with Gasteiger partial charge in [0, 0.05) is 47.0 Å². The third-order valence-corrected chi connectivity index (χ3v) is 14.9. The largest absolute Gasteiger partial charge is 0.573 e. The Balaban J connectivity index is 1.14. The molecule has 3 saturated carbocycles. The molecule has 0 aliphatic heterocycles. The third kappa shape index (κ3) is 6.27. The van der Waals surface area contributed by atoms with Gasteiger partial charge in [-0.25, -0.2) is 0 Å². The lowest BCUT2D eigenvalue weighted by molar-refractivity contribution is -0.274. The fourth-order valence-electron chi connectivity index (χ4n) is 12.2. The van der Waals surface area contributed by atoms with Crippen molar-refractivity contribution in [1.29, 1.82) is 0 Å². The molecule has 0 amide bonds.